The van der Waals surface area contributed by atoms with Crippen molar-refractivity contribution in [1.29, 1.82) is 0 Å². The van der Waals surface area contributed by atoms with E-state index in [-0.39, 0.29) is 30.3 Å². The van der Waals surface area contributed by atoms with Crippen molar-refractivity contribution in [1.82, 2.24) is 9.88 Å². The summed E-state index contributed by atoms with van der Waals surface area (Å²) < 4.78 is 5.64. The molecule has 1 atom stereocenters. The number of hydrogen-bond donors (Lipinski definition) is 0. The van der Waals surface area contributed by atoms with E-state index in [9.17, 15) is 9.59 Å². The Bertz CT molecular complexity index is 806. The molecule has 1 aliphatic heterocycles. The molecule has 0 N–H and O–H groups in total. The van der Waals surface area contributed by atoms with Crippen molar-refractivity contribution in [3.05, 3.63) is 54.4 Å². The third-order valence-corrected chi connectivity index (χ3v) is 4.86. The van der Waals surface area contributed by atoms with Gasteiger partial charge >= 0.3 is 0 Å². The van der Waals surface area contributed by atoms with Crippen LogP contribution < -0.4 is 9.64 Å². The summed E-state index contributed by atoms with van der Waals surface area (Å²) in [5.41, 5.74) is 1.94. The van der Waals surface area contributed by atoms with E-state index in [1.165, 1.54) is 0 Å². The number of carbonyl (C=O) groups excluding carboxylic acids is 2. The predicted octanol–water partition coefficient (Wildman–Crippen LogP) is 2.92. The Balaban J connectivity index is 1.57. The normalized spacial score (nSPS) is 16.5. The smallest absolute Gasteiger partial charge is 0.227 e. The molecule has 148 valence electrons. The van der Waals surface area contributed by atoms with Gasteiger partial charge in [0.1, 0.15) is 5.75 Å². The minimum atomic E-state index is -0.304. The van der Waals surface area contributed by atoms with Crippen LogP contribution in [0.5, 0.6) is 5.75 Å². The Hall–Kier alpha value is -2.89. The molecule has 28 heavy (non-hydrogen) atoms. The average molecular weight is 381 g/mol. The fourth-order valence-corrected chi connectivity index (χ4v) is 3.37. The molecule has 0 bridgehead atoms. The van der Waals surface area contributed by atoms with E-state index in [1.807, 2.05) is 50.2 Å². The Kier molecular flexibility index (Phi) is 6.29. The molecule has 2 aromatic rings. The molecule has 0 spiro atoms. The van der Waals surface area contributed by atoms with Crippen LogP contribution in [-0.2, 0) is 16.0 Å². The third-order valence-electron chi connectivity index (χ3n) is 4.86. The number of anilines is 1. The fourth-order valence-electron chi connectivity index (χ4n) is 3.37. The summed E-state index contributed by atoms with van der Waals surface area (Å²) in [6.45, 7) is 4.98. The first-order chi connectivity index (χ1) is 13.4. The summed E-state index contributed by atoms with van der Waals surface area (Å²) in [5, 5.41) is 0. The second-order valence-electron chi connectivity index (χ2n) is 7.43. The number of ether oxygens (including phenoxy) is 1. The van der Waals surface area contributed by atoms with Crippen LogP contribution in [-0.4, -0.2) is 47.9 Å². The maximum atomic E-state index is 12.8. The highest BCUT2D eigenvalue weighted by Crippen LogP contribution is 2.28. The molecule has 6 heteroatoms. The number of hydrogen-bond acceptors (Lipinski definition) is 4. The molecule has 6 nitrogen and oxygen atoms in total. The van der Waals surface area contributed by atoms with Crippen LogP contribution in [0.1, 0.15) is 25.8 Å². The summed E-state index contributed by atoms with van der Waals surface area (Å²) in [4.78, 5) is 32.7. The maximum Gasteiger partial charge on any atom is 0.227 e. The van der Waals surface area contributed by atoms with Gasteiger partial charge < -0.3 is 14.5 Å². The minimum Gasteiger partial charge on any atom is -0.491 e. The van der Waals surface area contributed by atoms with Gasteiger partial charge in [-0.25, -0.2) is 0 Å². The molecular formula is C22H27N3O3. The molecule has 1 fully saturated rings. The van der Waals surface area contributed by atoms with Gasteiger partial charge in [-0.2, -0.15) is 0 Å². The topological polar surface area (TPSA) is 62.7 Å². The van der Waals surface area contributed by atoms with Crippen molar-refractivity contribution in [2.24, 2.45) is 5.92 Å². The molecule has 3 rings (SSSR count). The number of benzene rings is 1. The molecule has 2 amide bonds. The van der Waals surface area contributed by atoms with Crippen molar-refractivity contribution >= 4 is 17.5 Å². The number of rotatable bonds is 7. The summed E-state index contributed by atoms with van der Waals surface area (Å²) in [6.07, 6.45) is 4.63. The summed E-state index contributed by atoms with van der Waals surface area (Å²) >= 11 is 0. The van der Waals surface area contributed by atoms with E-state index in [4.69, 9.17) is 4.74 Å². The van der Waals surface area contributed by atoms with Crippen molar-refractivity contribution in [2.45, 2.75) is 32.8 Å². The monoisotopic (exact) mass is 381 g/mol. The SMILES string of the molecule is CC(C)Oc1ccc(N2CC(C(=O)N(C)CCc3ccncc3)CC2=O)cc1. The van der Waals surface area contributed by atoms with Crippen LogP contribution in [0.3, 0.4) is 0 Å². The van der Waals surface area contributed by atoms with Crippen LogP contribution in [0.15, 0.2) is 48.8 Å². The van der Waals surface area contributed by atoms with E-state index in [0.29, 0.717) is 13.1 Å². The molecule has 1 aromatic heterocycles. The zero-order valence-electron chi connectivity index (χ0n) is 16.7. The number of aromatic nitrogens is 1. The number of amides is 2. The number of pyridine rings is 1. The van der Waals surface area contributed by atoms with Crippen LogP contribution >= 0.6 is 0 Å². The highest BCUT2D eigenvalue weighted by molar-refractivity contribution is 6.00. The lowest BCUT2D eigenvalue weighted by Crippen LogP contribution is -2.36. The zero-order valence-corrected chi connectivity index (χ0v) is 16.7. The van der Waals surface area contributed by atoms with Crippen LogP contribution in [0, 0.1) is 5.92 Å². The van der Waals surface area contributed by atoms with E-state index < -0.39 is 0 Å². The molecule has 1 unspecified atom stereocenters. The van der Waals surface area contributed by atoms with Gasteiger partial charge in [-0.1, -0.05) is 0 Å². The minimum absolute atomic E-state index is 0.0154. The molecule has 0 saturated carbocycles. The van der Waals surface area contributed by atoms with Crippen LogP contribution in [0.2, 0.25) is 0 Å². The Morgan fingerprint density at radius 2 is 1.89 bits per heavy atom. The van der Waals surface area contributed by atoms with Crippen molar-refractivity contribution in [3.8, 4) is 5.75 Å². The lowest BCUT2D eigenvalue weighted by Gasteiger charge is -2.21. The second kappa shape index (κ2) is 8.87. The molecule has 1 aliphatic rings. The zero-order chi connectivity index (χ0) is 20.1. The van der Waals surface area contributed by atoms with Crippen LogP contribution in [0.4, 0.5) is 5.69 Å². The van der Waals surface area contributed by atoms with Crippen molar-refractivity contribution < 1.29 is 14.3 Å². The number of carbonyl (C=O) groups is 2. The van der Waals surface area contributed by atoms with E-state index >= 15 is 0 Å². The first kappa shape index (κ1) is 19.9. The lowest BCUT2D eigenvalue weighted by atomic mass is 10.1. The summed E-state index contributed by atoms with van der Waals surface area (Å²) in [5.74, 6) is 0.471. The summed E-state index contributed by atoms with van der Waals surface area (Å²) in [6, 6.07) is 11.4. The van der Waals surface area contributed by atoms with Gasteiger partial charge in [-0.3, -0.25) is 14.6 Å². The first-order valence-corrected chi connectivity index (χ1v) is 9.65. The van der Waals surface area contributed by atoms with Gasteiger partial charge in [0.15, 0.2) is 0 Å². The van der Waals surface area contributed by atoms with Crippen molar-refractivity contribution in [2.75, 3.05) is 25.0 Å². The van der Waals surface area contributed by atoms with Gasteiger partial charge in [0.05, 0.1) is 12.0 Å². The highest BCUT2D eigenvalue weighted by Gasteiger charge is 2.36. The Labute approximate surface area is 166 Å². The Morgan fingerprint density at radius 3 is 2.54 bits per heavy atom. The molecular weight excluding hydrogens is 354 g/mol. The summed E-state index contributed by atoms with van der Waals surface area (Å²) in [7, 11) is 1.80. The third kappa shape index (κ3) is 4.88. The fraction of sp³-hybridized carbons (Fsp3) is 0.409. The number of likely N-dealkylation sites (N-methyl/N-ethyl adjacent to an activating group) is 1. The lowest BCUT2D eigenvalue weighted by molar-refractivity contribution is -0.134. The average Bonchev–Trinajstić information content (AvgIpc) is 3.08. The van der Waals surface area contributed by atoms with E-state index in [2.05, 4.69) is 4.98 Å². The van der Waals surface area contributed by atoms with Gasteiger partial charge in [0.25, 0.3) is 0 Å². The largest absolute Gasteiger partial charge is 0.491 e. The standard InChI is InChI=1S/C22H27N3O3/c1-16(2)28-20-6-4-19(5-7-20)25-15-18(14-21(25)26)22(27)24(3)13-10-17-8-11-23-12-9-17/h4-9,11-12,16,18H,10,13-15H2,1-3H3. The maximum absolute atomic E-state index is 12.8. The highest BCUT2D eigenvalue weighted by atomic mass is 16.5. The molecule has 2 heterocycles. The van der Waals surface area contributed by atoms with Crippen LogP contribution in [0.25, 0.3) is 0 Å². The Morgan fingerprint density at radius 1 is 1.21 bits per heavy atom. The molecule has 1 saturated heterocycles. The quantitative estimate of drug-likeness (QED) is 0.740. The van der Waals surface area contributed by atoms with Gasteiger partial charge in [0.2, 0.25) is 11.8 Å². The molecule has 0 radical (unpaired) electrons. The number of nitrogens with zero attached hydrogens (tertiary/aromatic N) is 3. The van der Waals surface area contributed by atoms with Gasteiger partial charge in [0, 0.05) is 44.6 Å². The van der Waals surface area contributed by atoms with Crippen molar-refractivity contribution in [3.63, 3.8) is 0 Å². The second-order valence-corrected chi connectivity index (χ2v) is 7.43. The van der Waals surface area contributed by atoms with Gasteiger partial charge in [-0.05, 0) is 62.2 Å². The molecule has 1 aromatic carbocycles. The van der Waals surface area contributed by atoms with Gasteiger partial charge in [-0.15, -0.1) is 0 Å². The molecule has 0 aliphatic carbocycles. The van der Waals surface area contributed by atoms with E-state index in [1.54, 1.807) is 29.2 Å². The van der Waals surface area contributed by atoms with E-state index in [0.717, 1.165) is 23.4 Å². The first-order valence-electron chi connectivity index (χ1n) is 9.65. The predicted molar refractivity (Wildman–Crippen MR) is 108 cm³/mol.